The molecule has 0 spiro atoms. The number of carboxylic acid groups (broad SMARTS) is 2. The molecule has 0 aliphatic heterocycles. The molecule has 2 aromatic carbocycles. The standard InChI is InChI=1S/C27H33N5O9/c28-18(10-11-23(35)36)24(37)30-19(12-16-6-8-17(33)9-7-16)25(38)31-20(14-22(29)34)26(39)32-21(27(40)41)13-15-4-2-1-3-5-15/h1-9,18-21,33H,10-14,28H2,(H2,29,34)(H,30,37)(H,31,38)(H,32,39)(H,35,36)(H,40,41). The Morgan fingerprint density at radius 2 is 1.22 bits per heavy atom. The lowest BCUT2D eigenvalue weighted by molar-refractivity contribution is -0.142. The number of carbonyl (C=O) groups is 6. The summed E-state index contributed by atoms with van der Waals surface area (Å²) in [6.07, 6.45) is -1.49. The number of aliphatic carboxylic acids is 2. The zero-order chi connectivity index (χ0) is 30.5. The van der Waals surface area contributed by atoms with Crippen molar-refractivity contribution in [1.82, 2.24) is 16.0 Å². The van der Waals surface area contributed by atoms with E-state index in [1.54, 1.807) is 30.3 Å². The number of nitrogens with two attached hydrogens (primary N) is 2. The number of carbonyl (C=O) groups excluding carboxylic acids is 4. The van der Waals surface area contributed by atoms with Crippen molar-refractivity contribution in [2.75, 3.05) is 0 Å². The molecule has 0 radical (unpaired) electrons. The lowest BCUT2D eigenvalue weighted by Crippen LogP contribution is -2.58. The van der Waals surface area contributed by atoms with Gasteiger partial charge in [0.1, 0.15) is 23.9 Å². The maximum Gasteiger partial charge on any atom is 0.326 e. The average molecular weight is 572 g/mol. The van der Waals surface area contributed by atoms with E-state index >= 15 is 0 Å². The molecule has 41 heavy (non-hydrogen) atoms. The quantitative estimate of drug-likeness (QED) is 0.119. The fourth-order valence-corrected chi connectivity index (χ4v) is 3.77. The third-order valence-corrected chi connectivity index (χ3v) is 5.95. The molecular formula is C27H33N5O9. The molecule has 14 nitrogen and oxygen atoms in total. The van der Waals surface area contributed by atoms with Crippen molar-refractivity contribution in [3.63, 3.8) is 0 Å². The number of phenolic OH excluding ortho intramolecular Hbond substituents is 1. The zero-order valence-electron chi connectivity index (χ0n) is 22.0. The Morgan fingerprint density at radius 3 is 1.78 bits per heavy atom. The molecular weight excluding hydrogens is 538 g/mol. The van der Waals surface area contributed by atoms with Crippen molar-refractivity contribution < 1.29 is 44.1 Å². The van der Waals surface area contributed by atoms with Gasteiger partial charge in [0.05, 0.1) is 12.5 Å². The van der Waals surface area contributed by atoms with Gasteiger partial charge < -0.3 is 42.7 Å². The second-order valence-electron chi connectivity index (χ2n) is 9.29. The highest BCUT2D eigenvalue weighted by Crippen LogP contribution is 2.12. The number of benzene rings is 2. The molecule has 0 aliphatic rings. The van der Waals surface area contributed by atoms with Crippen LogP contribution in [0.3, 0.4) is 0 Å². The van der Waals surface area contributed by atoms with Gasteiger partial charge in [-0.15, -0.1) is 0 Å². The molecule has 220 valence electrons. The largest absolute Gasteiger partial charge is 0.508 e. The van der Waals surface area contributed by atoms with E-state index in [9.17, 15) is 39.0 Å². The number of hydrogen-bond donors (Lipinski definition) is 8. The Morgan fingerprint density at radius 1 is 0.707 bits per heavy atom. The highest BCUT2D eigenvalue weighted by atomic mass is 16.4. The van der Waals surface area contributed by atoms with E-state index in [1.165, 1.54) is 24.3 Å². The molecule has 0 saturated heterocycles. The van der Waals surface area contributed by atoms with Crippen LogP contribution in [0.5, 0.6) is 5.75 Å². The van der Waals surface area contributed by atoms with Crippen LogP contribution in [0.25, 0.3) is 0 Å². The fraction of sp³-hybridized carbons (Fsp3) is 0.333. The summed E-state index contributed by atoms with van der Waals surface area (Å²) in [6, 6.07) is 8.56. The molecule has 0 aliphatic carbocycles. The molecule has 4 atom stereocenters. The molecule has 0 heterocycles. The predicted molar refractivity (Wildman–Crippen MR) is 144 cm³/mol. The maximum atomic E-state index is 13.3. The van der Waals surface area contributed by atoms with Crippen LogP contribution >= 0.6 is 0 Å². The van der Waals surface area contributed by atoms with E-state index in [2.05, 4.69) is 16.0 Å². The molecule has 0 fully saturated rings. The van der Waals surface area contributed by atoms with Gasteiger partial charge in [-0.2, -0.15) is 0 Å². The summed E-state index contributed by atoms with van der Waals surface area (Å²) >= 11 is 0. The van der Waals surface area contributed by atoms with Crippen LogP contribution < -0.4 is 27.4 Å². The van der Waals surface area contributed by atoms with Crippen LogP contribution in [0.15, 0.2) is 54.6 Å². The van der Waals surface area contributed by atoms with Crippen LogP contribution in [-0.2, 0) is 41.6 Å². The van der Waals surface area contributed by atoms with E-state index in [1.807, 2.05) is 0 Å². The number of carboxylic acids is 2. The number of hydrogen-bond acceptors (Lipinski definition) is 8. The van der Waals surface area contributed by atoms with Crippen molar-refractivity contribution in [3.05, 3.63) is 65.7 Å². The number of amides is 4. The third-order valence-electron chi connectivity index (χ3n) is 5.95. The minimum atomic E-state index is -1.59. The smallest absolute Gasteiger partial charge is 0.326 e. The van der Waals surface area contributed by atoms with Crippen LogP contribution in [0.1, 0.15) is 30.4 Å². The summed E-state index contributed by atoms with van der Waals surface area (Å²) in [5.74, 6) is -6.28. The summed E-state index contributed by atoms with van der Waals surface area (Å²) in [6.45, 7) is 0. The first-order valence-electron chi connectivity index (χ1n) is 12.6. The van der Waals surface area contributed by atoms with Gasteiger partial charge in [-0.05, 0) is 29.7 Å². The first-order chi connectivity index (χ1) is 19.3. The van der Waals surface area contributed by atoms with Gasteiger partial charge in [0.25, 0.3) is 0 Å². The number of rotatable bonds is 16. The minimum Gasteiger partial charge on any atom is -0.508 e. The van der Waals surface area contributed by atoms with Gasteiger partial charge in [-0.1, -0.05) is 42.5 Å². The molecule has 4 unspecified atom stereocenters. The van der Waals surface area contributed by atoms with Gasteiger partial charge in [0.2, 0.25) is 23.6 Å². The van der Waals surface area contributed by atoms with Crippen LogP contribution in [-0.4, -0.2) is 75.1 Å². The number of phenols is 1. The van der Waals surface area contributed by atoms with E-state index < -0.39 is 72.6 Å². The van der Waals surface area contributed by atoms with E-state index in [4.69, 9.17) is 16.6 Å². The Hall–Kier alpha value is -4.98. The van der Waals surface area contributed by atoms with E-state index in [-0.39, 0.29) is 25.0 Å². The van der Waals surface area contributed by atoms with Gasteiger partial charge >= 0.3 is 11.9 Å². The van der Waals surface area contributed by atoms with Crippen molar-refractivity contribution in [3.8, 4) is 5.75 Å². The lowest BCUT2D eigenvalue weighted by atomic mass is 10.0. The van der Waals surface area contributed by atoms with Gasteiger partial charge in [0.15, 0.2) is 0 Å². The first-order valence-corrected chi connectivity index (χ1v) is 12.6. The molecule has 0 bridgehead atoms. The molecule has 4 amide bonds. The monoisotopic (exact) mass is 571 g/mol. The number of aromatic hydroxyl groups is 1. The van der Waals surface area contributed by atoms with E-state index in [0.29, 0.717) is 11.1 Å². The summed E-state index contributed by atoms with van der Waals surface area (Å²) < 4.78 is 0. The highest BCUT2D eigenvalue weighted by Gasteiger charge is 2.31. The van der Waals surface area contributed by atoms with E-state index in [0.717, 1.165) is 0 Å². The summed E-state index contributed by atoms with van der Waals surface area (Å²) in [5, 5.41) is 35.1. The number of primary amides is 1. The SMILES string of the molecule is NC(=O)CC(NC(=O)C(Cc1ccc(O)cc1)NC(=O)C(N)CCC(=O)O)C(=O)NC(Cc1ccccc1)C(=O)O. The average Bonchev–Trinajstić information content (AvgIpc) is 2.91. The van der Waals surface area contributed by atoms with Gasteiger partial charge in [-0.25, -0.2) is 4.79 Å². The summed E-state index contributed by atoms with van der Waals surface area (Å²) in [7, 11) is 0. The van der Waals surface area contributed by atoms with Crippen molar-refractivity contribution in [2.45, 2.75) is 56.3 Å². The Kier molecular flexibility index (Phi) is 12.2. The lowest BCUT2D eigenvalue weighted by Gasteiger charge is -2.25. The number of nitrogens with one attached hydrogen (secondary N) is 3. The molecule has 14 heteroatoms. The Labute approximate surface area is 235 Å². The fourth-order valence-electron chi connectivity index (χ4n) is 3.77. The summed E-state index contributed by atoms with van der Waals surface area (Å²) in [4.78, 5) is 73.3. The second kappa shape index (κ2) is 15.6. The zero-order valence-corrected chi connectivity index (χ0v) is 22.0. The summed E-state index contributed by atoms with van der Waals surface area (Å²) in [5.41, 5.74) is 12.1. The van der Waals surface area contributed by atoms with Crippen molar-refractivity contribution in [2.24, 2.45) is 11.5 Å². The van der Waals surface area contributed by atoms with Gasteiger partial charge in [0, 0.05) is 19.3 Å². The normalized spacial score (nSPS) is 13.6. The third kappa shape index (κ3) is 11.3. The van der Waals surface area contributed by atoms with Crippen LogP contribution in [0.4, 0.5) is 0 Å². The Balaban J connectivity index is 2.23. The topological polar surface area (TPSA) is 251 Å². The Bertz CT molecular complexity index is 1240. The predicted octanol–water partition coefficient (Wildman–Crippen LogP) is -1.22. The molecule has 2 aromatic rings. The molecule has 0 aromatic heterocycles. The maximum absolute atomic E-state index is 13.3. The van der Waals surface area contributed by atoms with Gasteiger partial charge in [-0.3, -0.25) is 24.0 Å². The first kappa shape index (κ1) is 32.2. The highest BCUT2D eigenvalue weighted by molar-refractivity contribution is 5.96. The second-order valence-corrected chi connectivity index (χ2v) is 9.29. The van der Waals surface area contributed by atoms with Crippen molar-refractivity contribution >= 4 is 35.6 Å². The van der Waals surface area contributed by atoms with Crippen LogP contribution in [0, 0.1) is 0 Å². The molecule has 10 N–H and O–H groups in total. The minimum absolute atomic E-state index is 0.0452. The molecule has 0 saturated carbocycles. The van der Waals surface area contributed by atoms with Crippen LogP contribution in [0.2, 0.25) is 0 Å². The van der Waals surface area contributed by atoms with Crippen molar-refractivity contribution in [1.29, 1.82) is 0 Å². The molecule has 2 rings (SSSR count).